The van der Waals surface area contributed by atoms with E-state index in [9.17, 15) is 8.42 Å². The van der Waals surface area contributed by atoms with Gasteiger partial charge in [-0.25, -0.2) is 18.1 Å². The number of aromatic nitrogens is 4. The topological polar surface area (TPSA) is 85.1 Å². The highest BCUT2D eigenvalue weighted by atomic mass is 32.2. The molecule has 0 spiro atoms. The minimum Gasteiger partial charge on any atom is -0.337 e. The van der Waals surface area contributed by atoms with Gasteiger partial charge in [-0.05, 0) is 12.1 Å². The van der Waals surface area contributed by atoms with Crippen LogP contribution in [0.4, 0.5) is 0 Å². The molecule has 3 aromatic rings. The van der Waals surface area contributed by atoms with E-state index in [0.29, 0.717) is 19.6 Å². The first-order chi connectivity index (χ1) is 12.6. The molecule has 0 aliphatic carbocycles. The van der Waals surface area contributed by atoms with E-state index in [1.807, 2.05) is 48.1 Å². The number of piperazine rings is 1. The molecule has 9 heteroatoms. The molecule has 3 heterocycles. The Morgan fingerprint density at radius 3 is 2.77 bits per heavy atom. The molecule has 0 saturated carbocycles. The number of hydrogen-bond acceptors (Lipinski definition) is 5. The van der Waals surface area contributed by atoms with Gasteiger partial charge in [-0.1, -0.05) is 18.2 Å². The maximum Gasteiger partial charge on any atom is 0.246 e. The molecule has 1 atom stereocenters. The van der Waals surface area contributed by atoms with Crippen LogP contribution < -0.4 is 5.32 Å². The molecular formula is C17H20N6O2S. The van der Waals surface area contributed by atoms with E-state index in [4.69, 9.17) is 0 Å². The Morgan fingerprint density at radius 2 is 2.04 bits per heavy atom. The molecule has 1 N–H and O–H groups in total. The smallest absolute Gasteiger partial charge is 0.246 e. The Labute approximate surface area is 152 Å². The van der Waals surface area contributed by atoms with Crippen molar-refractivity contribution in [2.24, 2.45) is 7.05 Å². The number of benzene rings is 1. The van der Waals surface area contributed by atoms with Gasteiger partial charge in [-0.2, -0.15) is 9.40 Å². The molecule has 2 aromatic heterocycles. The third-order valence-corrected chi connectivity index (χ3v) is 6.40. The second kappa shape index (κ2) is 6.67. The van der Waals surface area contributed by atoms with Gasteiger partial charge in [0.15, 0.2) is 0 Å². The van der Waals surface area contributed by atoms with Gasteiger partial charge < -0.3 is 9.88 Å². The van der Waals surface area contributed by atoms with Crippen LogP contribution in [0.5, 0.6) is 0 Å². The Morgan fingerprint density at radius 1 is 1.23 bits per heavy atom. The SMILES string of the molecule is Cn1ccnc1C1CNCCN1S(=O)(=O)c1cnn(-c2ccccc2)c1. The highest BCUT2D eigenvalue weighted by Crippen LogP contribution is 2.28. The standard InChI is InChI=1S/C17H20N6O2S/c1-21-9-8-19-17(21)16-12-18-7-10-23(16)26(24,25)15-11-20-22(13-15)14-5-3-2-4-6-14/h2-6,8-9,11,13,16,18H,7,10,12H2,1H3. The van der Waals surface area contributed by atoms with Crippen LogP contribution in [0, 0.1) is 0 Å². The van der Waals surface area contributed by atoms with Crippen molar-refractivity contribution in [1.82, 2.24) is 29.0 Å². The summed E-state index contributed by atoms with van der Waals surface area (Å²) in [5.74, 6) is 0.719. The maximum absolute atomic E-state index is 13.3. The summed E-state index contributed by atoms with van der Waals surface area (Å²) in [6, 6.07) is 9.09. The van der Waals surface area contributed by atoms with Crippen LogP contribution in [0.2, 0.25) is 0 Å². The third kappa shape index (κ3) is 2.94. The summed E-state index contributed by atoms with van der Waals surface area (Å²) < 4.78 is 31.5. The van der Waals surface area contributed by atoms with Crippen LogP contribution in [-0.4, -0.2) is 51.7 Å². The summed E-state index contributed by atoms with van der Waals surface area (Å²) in [4.78, 5) is 4.53. The fourth-order valence-electron chi connectivity index (χ4n) is 3.19. The maximum atomic E-state index is 13.3. The molecule has 136 valence electrons. The molecule has 1 fully saturated rings. The van der Waals surface area contributed by atoms with Gasteiger partial charge in [-0.15, -0.1) is 0 Å². The van der Waals surface area contributed by atoms with E-state index in [1.165, 1.54) is 10.5 Å². The van der Waals surface area contributed by atoms with Crippen molar-refractivity contribution in [2.45, 2.75) is 10.9 Å². The summed E-state index contributed by atoms with van der Waals surface area (Å²) in [5, 5.41) is 7.48. The summed E-state index contributed by atoms with van der Waals surface area (Å²) in [6.45, 7) is 1.51. The molecule has 1 unspecified atom stereocenters. The van der Waals surface area contributed by atoms with E-state index >= 15 is 0 Å². The lowest BCUT2D eigenvalue weighted by Crippen LogP contribution is -2.49. The van der Waals surface area contributed by atoms with Crippen LogP contribution in [0.1, 0.15) is 11.9 Å². The quantitative estimate of drug-likeness (QED) is 0.737. The van der Waals surface area contributed by atoms with Crippen LogP contribution in [0.3, 0.4) is 0 Å². The minimum absolute atomic E-state index is 0.183. The number of sulfonamides is 1. The van der Waals surface area contributed by atoms with Crippen molar-refractivity contribution in [1.29, 1.82) is 0 Å². The first-order valence-corrected chi connectivity index (χ1v) is 9.81. The van der Waals surface area contributed by atoms with Gasteiger partial charge in [0.05, 0.1) is 24.1 Å². The summed E-state index contributed by atoms with van der Waals surface area (Å²) in [5.41, 5.74) is 0.815. The van der Waals surface area contributed by atoms with Gasteiger partial charge in [0.1, 0.15) is 10.7 Å². The number of aryl methyl sites for hydroxylation is 1. The van der Waals surface area contributed by atoms with Crippen LogP contribution in [0.25, 0.3) is 5.69 Å². The number of imidazole rings is 1. The third-order valence-electron chi connectivity index (χ3n) is 4.54. The minimum atomic E-state index is -3.68. The first kappa shape index (κ1) is 17.0. The van der Waals surface area contributed by atoms with Gasteiger partial charge >= 0.3 is 0 Å². The predicted octanol–water partition coefficient (Wildman–Crippen LogP) is 0.941. The van der Waals surface area contributed by atoms with Crippen LogP contribution >= 0.6 is 0 Å². The molecule has 4 rings (SSSR count). The van der Waals surface area contributed by atoms with Crippen LogP contribution in [0.15, 0.2) is 60.0 Å². The van der Waals surface area contributed by atoms with Crippen molar-refractivity contribution in [3.05, 3.63) is 60.9 Å². The molecule has 0 radical (unpaired) electrons. The molecule has 0 bridgehead atoms. The Hall–Kier alpha value is -2.49. The Kier molecular flexibility index (Phi) is 4.35. The van der Waals surface area contributed by atoms with E-state index in [-0.39, 0.29) is 10.9 Å². The molecule has 1 saturated heterocycles. The fourth-order valence-corrected chi connectivity index (χ4v) is 4.71. The molecule has 8 nitrogen and oxygen atoms in total. The lowest BCUT2D eigenvalue weighted by atomic mass is 10.2. The Bertz CT molecular complexity index is 995. The van der Waals surface area contributed by atoms with Crippen molar-refractivity contribution in [3.63, 3.8) is 0 Å². The molecular weight excluding hydrogens is 352 g/mol. The summed E-state index contributed by atoms with van der Waals surface area (Å²) in [6.07, 6.45) is 6.46. The lowest BCUT2D eigenvalue weighted by molar-refractivity contribution is 0.258. The zero-order chi connectivity index (χ0) is 18.1. The van der Waals surface area contributed by atoms with E-state index in [2.05, 4.69) is 15.4 Å². The van der Waals surface area contributed by atoms with Gasteiger partial charge in [0, 0.05) is 39.1 Å². The summed E-state index contributed by atoms with van der Waals surface area (Å²) in [7, 11) is -1.81. The van der Waals surface area contributed by atoms with Crippen molar-refractivity contribution in [2.75, 3.05) is 19.6 Å². The first-order valence-electron chi connectivity index (χ1n) is 8.37. The number of hydrogen-bond donors (Lipinski definition) is 1. The molecule has 0 amide bonds. The van der Waals surface area contributed by atoms with E-state index in [1.54, 1.807) is 17.1 Å². The molecule has 1 aromatic carbocycles. The number of nitrogens with zero attached hydrogens (tertiary/aromatic N) is 5. The highest BCUT2D eigenvalue weighted by Gasteiger charge is 2.37. The second-order valence-corrected chi connectivity index (χ2v) is 8.08. The number of nitrogens with one attached hydrogen (secondary N) is 1. The highest BCUT2D eigenvalue weighted by molar-refractivity contribution is 7.89. The number of rotatable bonds is 4. The van der Waals surface area contributed by atoms with E-state index < -0.39 is 10.0 Å². The average Bonchev–Trinajstić information content (AvgIpc) is 3.32. The second-order valence-electron chi connectivity index (χ2n) is 6.19. The van der Waals surface area contributed by atoms with Gasteiger partial charge in [0.25, 0.3) is 0 Å². The zero-order valence-electron chi connectivity index (χ0n) is 14.4. The normalized spacial score (nSPS) is 18.9. The van der Waals surface area contributed by atoms with Gasteiger partial charge in [-0.3, -0.25) is 0 Å². The van der Waals surface area contributed by atoms with E-state index in [0.717, 1.165) is 11.5 Å². The zero-order valence-corrected chi connectivity index (χ0v) is 15.2. The molecule has 1 aliphatic heterocycles. The average molecular weight is 372 g/mol. The summed E-state index contributed by atoms with van der Waals surface area (Å²) >= 11 is 0. The van der Waals surface area contributed by atoms with Crippen molar-refractivity contribution < 1.29 is 8.42 Å². The van der Waals surface area contributed by atoms with Gasteiger partial charge in [0.2, 0.25) is 10.0 Å². The van der Waals surface area contributed by atoms with Crippen molar-refractivity contribution >= 4 is 10.0 Å². The molecule has 1 aliphatic rings. The number of para-hydroxylation sites is 1. The lowest BCUT2D eigenvalue weighted by Gasteiger charge is -2.34. The van der Waals surface area contributed by atoms with Crippen molar-refractivity contribution in [3.8, 4) is 5.69 Å². The monoisotopic (exact) mass is 372 g/mol. The largest absolute Gasteiger partial charge is 0.337 e. The Balaban J connectivity index is 1.69. The predicted molar refractivity (Wildman–Crippen MR) is 96.3 cm³/mol. The molecule has 26 heavy (non-hydrogen) atoms. The van der Waals surface area contributed by atoms with Crippen LogP contribution in [-0.2, 0) is 17.1 Å². The fraction of sp³-hybridized carbons (Fsp3) is 0.294.